The molecule has 1 aromatic heterocycles. The highest BCUT2D eigenvalue weighted by Crippen LogP contribution is 2.45. The van der Waals surface area contributed by atoms with Gasteiger partial charge in [-0.3, -0.25) is 0 Å². The molecule has 0 saturated heterocycles. The third-order valence-electron chi connectivity index (χ3n) is 4.75. The van der Waals surface area contributed by atoms with Crippen molar-refractivity contribution >= 4 is 11.8 Å². The summed E-state index contributed by atoms with van der Waals surface area (Å²) >= 11 is 1.54. The van der Waals surface area contributed by atoms with Crippen molar-refractivity contribution < 1.29 is 19.0 Å². The van der Waals surface area contributed by atoms with Gasteiger partial charge in [0.25, 0.3) is 0 Å². The van der Waals surface area contributed by atoms with Crippen molar-refractivity contribution in [3.05, 3.63) is 48.1 Å². The van der Waals surface area contributed by atoms with Crippen LogP contribution in [-0.4, -0.2) is 42.1 Å². The number of rotatable bonds is 11. The molecule has 1 aromatic carbocycles. The molecule has 1 atom stereocenters. The molecule has 0 aliphatic rings. The number of nitrogens with zero attached hydrogens (tertiary/aromatic N) is 3. The van der Waals surface area contributed by atoms with E-state index in [0.717, 1.165) is 43.6 Å². The Bertz CT molecular complexity index is 713. The zero-order valence-electron chi connectivity index (χ0n) is 15.7. The van der Waals surface area contributed by atoms with Crippen LogP contribution in [0.25, 0.3) is 0 Å². The first-order chi connectivity index (χ1) is 12.8. The van der Waals surface area contributed by atoms with Gasteiger partial charge in [0.2, 0.25) is 0 Å². The first kappa shape index (κ1) is 21.8. The largest absolute Gasteiger partial charge is 0.396 e. The van der Waals surface area contributed by atoms with Crippen molar-refractivity contribution in [2.75, 3.05) is 12.4 Å². The number of aliphatic hydroxyl groups is 2. The van der Waals surface area contributed by atoms with Crippen LogP contribution >= 0.6 is 11.8 Å². The molecular weight excluding hydrogens is 372 g/mol. The molecule has 1 heterocycles. The third kappa shape index (κ3) is 5.49. The molecule has 0 amide bonds. The predicted octanol–water partition coefficient (Wildman–Crippen LogP) is 3.51. The summed E-state index contributed by atoms with van der Waals surface area (Å²) in [4.78, 5) is 3.88. The summed E-state index contributed by atoms with van der Waals surface area (Å²) in [6.07, 6.45) is 6.46. The molecule has 1 unspecified atom stereocenters. The third-order valence-corrected chi connectivity index (χ3v) is 6.30. The fraction of sp³-hybridized carbons (Fsp3) is 0.579. The number of benzene rings is 1. The van der Waals surface area contributed by atoms with Crippen LogP contribution in [0.15, 0.2) is 30.9 Å². The van der Waals surface area contributed by atoms with E-state index in [1.807, 2.05) is 13.8 Å². The molecule has 0 radical (unpaired) electrons. The Hall–Kier alpha value is -1.51. The topological polar surface area (TPSA) is 71.2 Å². The van der Waals surface area contributed by atoms with Crippen LogP contribution in [-0.2, 0) is 12.1 Å². The van der Waals surface area contributed by atoms with E-state index in [2.05, 4.69) is 10.1 Å². The minimum Gasteiger partial charge on any atom is -0.396 e. The standard InChI is InChI=1S/C19H27F2N3O2S/c1-18(2,27-10-6-4-3-5-9-25)19(26,12-24-14-22-13-23-24)16-8-7-15(20)11-17(16)21/h7-8,11,13-14,25-26H,3-6,9-10,12H2,1-2H3. The molecule has 0 aliphatic heterocycles. The zero-order valence-corrected chi connectivity index (χ0v) is 16.6. The van der Waals surface area contributed by atoms with Gasteiger partial charge in [-0.15, -0.1) is 0 Å². The van der Waals surface area contributed by atoms with Crippen LogP contribution in [0.4, 0.5) is 8.78 Å². The Morgan fingerprint density at radius 3 is 2.52 bits per heavy atom. The quantitative estimate of drug-likeness (QED) is 0.566. The number of halogens is 2. The second-order valence-electron chi connectivity index (χ2n) is 7.07. The number of hydrogen-bond donors (Lipinski definition) is 2. The van der Waals surface area contributed by atoms with Gasteiger partial charge in [0.15, 0.2) is 0 Å². The maximum absolute atomic E-state index is 14.6. The fourth-order valence-corrected chi connectivity index (χ4v) is 4.26. The molecule has 2 aromatic rings. The minimum absolute atomic E-state index is 0.0000643. The molecule has 5 nitrogen and oxygen atoms in total. The highest BCUT2D eigenvalue weighted by atomic mass is 32.2. The molecule has 0 saturated carbocycles. The first-order valence-corrected chi connectivity index (χ1v) is 10.0. The Morgan fingerprint density at radius 1 is 1.15 bits per heavy atom. The summed E-state index contributed by atoms with van der Waals surface area (Å²) < 4.78 is 28.6. The molecule has 150 valence electrons. The molecule has 0 spiro atoms. The number of aromatic nitrogens is 3. The Kier molecular flexibility index (Phi) is 7.76. The van der Waals surface area contributed by atoms with Gasteiger partial charge in [-0.1, -0.05) is 18.9 Å². The lowest BCUT2D eigenvalue weighted by Gasteiger charge is -2.42. The van der Waals surface area contributed by atoms with Crippen molar-refractivity contribution in [2.24, 2.45) is 0 Å². The first-order valence-electron chi connectivity index (χ1n) is 9.05. The molecule has 0 bridgehead atoms. The Balaban J connectivity index is 2.22. The van der Waals surface area contributed by atoms with Gasteiger partial charge >= 0.3 is 0 Å². The average molecular weight is 400 g/mol. The van der Waals surface area contributed by atoms with E-state index in [9.17, 15) is 13.9 Å². The molecule has 2 rings (SSSR count). The highest BCUT2D eigenvalue weighted by Gasteiger charge is 2.47. The van der Waals surface area contributed by atoms with Crippen LogP contribution in [0.5, 0.6) is 0 Å². The number of thioether (sulfide) groups is 1. The maximum Gasteiger partial charge on any atom is 0.137 e. The second-order valence-corrected chi connectivity index (χ2v) is 8.79. The highest BCUT2D eigenvalue weighted by molar-refractivity contribution is 8.00. The van der Waals surface area contributed by atoms with E-state index >= 15 is 0 Å². The maximum atomic E-state index is 14.6. The van der Waals surface area contributed by atoms with Crippen LogP contribution in [0, 0.1) is 11.6 Å². The zero-order chi connectivity index (χ0) is 19.9. The molecule has 8 heteroatoms. The summed E-state index contributed by atoms with van der Waals surface area (Å²) in [6, 6.07) is 3.24. The van der Waals surface area contributed by atoms with Gasteiger partial charge in [0, 0.05) is 23.0 Å². The summed E-state index contributed by atoms with van der Waals surface area (Å²) in [5.41, 5.74) is -1.58. The van der Waals surface area contributed by atoms with E-state index in [0.29, 0.717) is 0 Å². The van der Waals surface area contributed by atoms with Crippen molar-refractivity contribution in [1.82, 2.24) is 14.8 Å². The van der Waals surface area contributed by atoms with E-state index in [1.54, 1.807) is 0 Å². The molecule has 0 fully saturated rings. The normalized spacial score (nSPS) is 14.3. The van der Waals surface area contributed by atoms with Crippen molar-refractivity contribution in [3.63, 3.8) is 0 Å². The second kappa shape index (κ2) is 9.61. The van der Waals surface area contributed by atoms with Crippen molar-refractivity contribution in [2.45, 2.75) is 56.4 Å². The predicted molar refractivity (Wildman–Crippen MR) is 102 cm³/mol. The summed E-state index contributed by atoms with van der Waals surface area (Å²) in [6.45, 7) is 3.90. The van der Waals surface area contributed by atoms with Crippen LogP contribution in [0.3, 0.4) is 0 Å². The lowest BCUT2D eigenvalue weighted by molar-refractivity contribution is -0.0169. The molecule has 0 aliphatic carbocycles. The van der Waals surface area contributed by atoms with Gasteiger partial charge in [0.1, 0.15) is 29.9 Å². The number of hydrogen-bond acceptors (Lipinski definition) is 5. The van der Waals surface area contributed by atoms with Crippen LogP contribution in [0.1, 0.15) is 45.1 Å². The van der Waals surface area contributed by atoms with E-state index < -0.39 is 22.0 Å². The van der Waals surface area contributed by atoms with E-state index in [1.165, 1.54) is 35.2 Å². The summed E-state index contributed by atoms with van der Waals surface area (Å²) in [7, 11) is 0. The van der Waals surface area contributed by atoms with Crippen LogP contribution < -0.4 is 0 Å². The smallest absolute Gasteiger partial charge is 0.137 e. The van der Waals surface area contributed by atoms with E-state index in [-0.39, 0.29) is 18.7 Å². The van der Waals surface area contributed by atoms with Gasteiger partial charge in [-0.2, -0.15) is 16.9 Å². The SMILES string of the molecule is CC(C)(SCCCCCCO)C(O)(Cn1cncn1)c1ccc(F)cc1F. The van der Waals surface area contributed by atoms with Crippen LogP contribution in [0.2, 0.25) is 0 Å². The van der Waals surface area contributed by atoms with Crippen molar-refractivity contribution in [1.29, 1.82) is 0 Å². The molecule has 2 N–H and O–H groups in total. The van der Waals surface area contributed by atoms with Gasteiger partial charge in [0.05, 0.1) is 6.54 Å². The Morgan fingerprint density at radius 2 is 1.89 bits per heavy atom. The molecule has 27 heavy (non-hydrogen) atoms. The van der Waals surface area contributed by atoms with Gasteiger partial charge in [-0.25, -0.2) is 18.4 Å². The summed E-state index contributed by atoms with van der Waals surface area (Å²) in [5.74, 6) is -0.691. The minimum atomic E-state index is -1.62. The average Bonchev–Trinajstić information content (AvgIpc) is 3.10. The fourth-order valence-electron chi connectivity index (χ4n) is 2.99. The van der Waals surface area contributed by atoms with Gasteiger partial charge in [-0.05, 0) is 38.5 Å². The lowest BCUT2D eigenvalue weighted by atomic mass is 9.82. The monoisotopic (exact) mass is 399 g/mol. The number of aliphatic hydroxyl groups excluding tert-OH is 1. The van der Waals surface area contributed by atoms with E-state index in [4.69, 9.17) is 5.11 Å². The Labute approximate surface area is 162 Å². The van der Waals surface area contributed by atoms with Gasteiger partial charge < -0.3 is 10.2 Å². The van der Waals surface area contributed by atoms with Crippen molar-refractivity contribution in [3.8, 4) is 0 Å². The number of unbranched alkanes of at least 4 members (excludes halogenated alkanes) is 3. The summed E-state index contributed by atoms with van der Waals surface area (Å²) in [5, 5.41) is 24.5. The lowest BCUT2D eigenvalue weighted by Crippen LogP contribution is -2.49. The molecular formula is C19H27F2N3O2S.